The number of likely N-dealkylation sites (tertiary alicyclic amines) is 1. The van der Waals surface area contributed by atoms with Crippen molar-refractivity contribution in [1.29, 1.82) is 0 Å². The SMILES string of the molecule is CCCN(CCC)CCCC1CCN(CCNC(=O)N2c3cc(C)ccc3C(=O)Nc3cccnc32)CC1.Cl.Cl.Cl.O.O. The molecule has 1 aromatic heterocycles. The van der Waals surface area contributed by atoms with Gasteiger partial charge in [0.05, 0.1) is 16.9 Å². The number of carbonyl (C=O) groups is 2. The van der Waals surface area contributed by atoms with E-state index in [4.69, 9.17) is 0 Å². The molecule has 0 unspecified atom stereocenters. The minimum atomic E-state index is -0.271. The third-order valence-corrected chi connectivity index (χ3v) is 7.67. The Morgan fingerprint density at radius 3 is 2.37 bits per heavy atom. The van der Waals surface area contributed by atoms with E-state index in [1.165, 1.54) is 63.1 Å². The number of rotatable bonds is 11. The van der Waals surface area contributed by atoms with Gasteiger partial charge in [-0.1, -0.05) is 19.9 Å². The lowest BCUT2D eigenvalue weighted by Crippen LogP contribution is -2.43. The molecule has 2 aliphatic heterocycles. The molecule has 0 bridgehead atoms. The zero-order chi connectivity index (χ0) is 26.9. The second-order valence-corrected chi connectivity index (χ2v) is 10.7. The van der Waals surface area contributed by atoms with Crippen LogP contribution in [0.1, 0.15) is 68.3 Å². The fourth-order valence-corrected chi connectivity index (χ4v) is 5.67. The maximum atomic E-state index is 13.5. The number of benzene rings is 1. The van der Waals surface area contributed by atoms with E-state index in [2.05, 4.69) is 39.3 Å². The quantitative estimate of drug-likeness (QED) is 0.346. The third kappa shape index (κ3) is 11.7. The Labute approximate surface area is 275 Å². The molecule has 0 spiro atoms. The summed E-state index contributed by atoms with van der Waals surface area (Å²) in [6.07, 6.45) is 9.19. The molecule has 3 amide bonds. The largest absolute Gasteiger partial charge is 0.412 e. The first kappa shape index (κ1) is 43.0. The number of fused-ring (bicyclic) bond motifs is 2. The van der Waals surface area contributed by atoms with Crippen LogP contribution >= 0.6 is 37.2 Å². The van der Waals surface area contributed by atoms with Crippen LogP contribution in [0.5, 0.6) is 0 Å². The maximum absolute atomic E-state index is 13.5. The van der Waals surface area contributed by atoms with Crippen molar-refractivity contribution in [3.05, 3.63) is 47.7 Å². The molecule has 1 aromatic carbocycles. The van der Waals surface area contributed by atoms with E-state index in [0.717, 1.165) is 31.1 Å². The van der Waals surface area contributed by atoms with E-state index in [-0.39, 0.29) is 60.1 Å². The molecule has 1 saturated heterocycles. The molecule has 0 aliphatic carbocycles. The van der Waals surface area contributed by atoms with E-state index in [0.29, 0.717) is 29.3 Å². The molecular formula is C30H51Cl3N6O4. The number of halogens is 3. The monoisotopic (exact) mass is 664 g/mol. The summed E-state index contributed by atoms with van der Waals surface area (Å²) in [4.78, 5) is 37.4. The highest BCUT2D eigenvalue weighted by molar-refractivity contribution is 6.16. The average molecular weight is 666 g/mol. The van der Waals surface area contributed by atoms with Gasteiger partial charge < -0.3 is 31.4 Å². The van der Waals surface area contributed by atoms with Crippen molar-refractivity contribution in [1.82, 2.24) is 20.1 Å². The van der Waals surface area contributed by atoms with Gasteiger partial charge in [-0.05, 0) is 114 Å². The first-order valence-corrected chi connectivity index (χ1v) is 14.4. The zero-order valence-electron chi connectivity index (χ0n) is 25.6. The number of nitrogens with zero attached hydrogens (tertiary/aromatic N) is 4. The van der Waals surface area contributed by atoms with Gasteiger partial charge >= 0.3 is 6.03 Å². The van der Waals surface area contributed by atoms with Gasteiger partial charge in [0.25, 0.3) is 5.91 Å². The molecule has 6 N–H and O–H groups in total. The van der Waals surface area contributed by atoms with E-state index in [9.17, 15) is 9.59 Å². The van der Waals surface area contributed by atoms with Gasteiger partial charge in [-0.2, -0.15) is 0 Å². The van der Waals surface area contributed by atoms with E-state index in [1.807, 2.05) is 19.1 Å². The van der Waals surface area contributed by atoms with Crippen molar-refractivity contribution in [2.24, 2.45) is 5.92 Å². The second kappa shape index (κ2) is 21.5. The Balaban J connectivity index is 0. The Morgan fingerprint density at radius 2 is 1.72 bits per heavy atom. The van der Waals surface area contributed by atoms with E-state index < -0.39 is 0 Å². The first-order valence-electron chi connectivity index (χ1n) is 14.4. The fraction of sp³-hybridized carbons (Fsp3) is 0.567. The summed E-state index contributed by atoms with van der Waals surface area (Å²) in [6, 6.07) is 8.77. The van der Waals surface area contributed by atoms with Gasteiger partial charge in [0, 0.05) is 19.3 Å². The highest BCUT2D eigenvalue weighted by Gasteiger charge is 2.30. The number of carbonyl (C=O) groups excluding carboxylic acids is 2. The van der Waals surface area contributed by atoms with Gasteiger partial charge in [-0.15, -0.1) is 37.2 Å². The molecule has 43 heavy (non-hydrogen) atoms. The van der Waals surface area contributed by atoms with Crippen LogP contribution in [0.25, 0.3) is 0 Å². The van der Waals surface area contributed by atoms with Crippen LogP contribution in [0, 0.1) is 12.8 Å². The van der Waals surface area contributed by atoms with Gasteiger partial charge in [0.2, 0.25) is 0 Å². The van der Waals surface area contributed by atoms with Crippen LogP contribution in [0.3, 0.4) is 0 Å². The molecule has 3 heterocycles. The summed E-state index contributed by atoms with van der Waals surface area (Å²) >= 11 is 0. The smallest absolute Gasteiger partial charge is 0.327 e. The summed E-state index contributed by atoms with van der Waals surface area (Å²) < 4.78 is 0. The molecule has 1 fully saturated rings. The molecule has 0 radical (unpaired) electrons. The highest BCUT2D eigenvalue weighted by atomic mass is 35.5. The van der Waals surface area contributed by atoms with E-state index >= 15 is 0 Å². The number of nitrogens with one attached hydrogen (secondary N) is 2. The van der Waals surface area contributed by atoms with Crippen molar-refractivity contribution in [3.63, 3.8) is 0 Å². The lowest BCUT2D eigenvalue weighted by molar-refractivity contribution is 0.102. The number of hydrogen-bond donors (Lipinski definition) is 2. The lowest BCUT2D eigenvalue weighted by Gasteiger charge is -2.32. The van der Waals surface area contributed by atoms with Crippen LogP contribution in [-0.4, -0.2) is 83.5 Å². The predicted molar refractivity (Wildman–Crippen MR) is 183 cm³/mol. The van der Waals surface area contributed by atoms with Crippen molar-refractivity contribution < 1.29 is 20.5 Å². The topological polar surface area (TPSA) is 144 Å². The van der Waals surface area contributed by atoms with Crippen LogP contribution in [0.2, 0.25) is 0 Å². The molecule has 10 nitrogen and oxygen atoms in total. The Kier molecular flexibility index (Phi) is 21.5. The summed E-state index contributed by atoms with van der Waals surface area (Å²) in [5, 5.41) is 5.98. The molecule has 246 valence electrons. The zero-order valence-corrected chi connectivity index (χ0v) is 28.0. The number of urea groups is 1. The minimum absolute atomic E-state index is 0. The number of pyridine rings is 1. The second-order valence-electron chi connectivity index (χ2n) is 10.7. The van der Waals surface area contributed by atoms with Gasteiger partial charge in [0.15, 0.2) is 5.82 Å². The number of aryl methyl sites for hydroxylation is 1. The van der Waals surface area contributed by atoms with Crippen LogP contribution in [0.15, 0.2) is 36.5 Å². The predicted octanol–water partition coefficient (Wildman–Crippen LogP) is 5.03. The number of amides is 3. The fourth-order valence-electron chi connectivity index (χ4n) is 5.67. The number of hydrogen-bond acceptors (Lipinski definition) is 5. The molecule has 13 heteroatoms. The molecular weight excluding hydrogens is 615 g/mol. The molecule has 0 atom stereocenters. The number of aromatic nitrogens is 1. The molecule has 2 aliphatic rings. The Bertz CT molecular complexity index is 1100. The first-order chi connectivity index (χ1) is 18.5. The summed E-state index contributed by atoms with van der Waals surface area (Å²) in [7, 11) is 0. The van der Waals surface area contributed by atoms with Crippen molar-refractivity contribution >= 4 is 66.4 Å². The summed E-state index contributed by atoms with van der Waals surface area (Å²) in [5.41, 5.74) is 2.50. The Morgan fingerprint density at radius 1 is 1.05 bits per heavy atom. The number of anilines is 3. The molecule has 2 aromatic rings. The normalized spacial score (nSPS) is 14.2. The number of piperidine rings is 1. The Hall–Kier alpha value is -2.18. The van der Waals surface area contributed by atoms with Gasteiger partial charge in [0.1, 0.15) is 0 Å². The van der Waals surface area contributed by atoms with Crippen molar-refractivity contribution in [2.45, 2.75) is 59.3 Å². The van der Waals surface area contributed by atoms with Crippen molar-refractivity contribution in [2.75, 3.05) is 56.0 Å². The highest BCUT2D eigenvalue weighted by Crippen LogP contribution is 2.36. The van der Waals surface area contributed by atoms with Gasteiger partial charge in [-0.25, -0.2) is 14.7 Å². The van der Waals surface area contributed by atoms with Crippen molar-refractivity contribution in [3.8, 4) is 0 Å². The maximum Gasteiger partial charge on any atom is 0.327 e. The third-order valence-electron chi connectivity index (χ3n) is 7.67. The van der Waals surface area contributed by atoms with Gasteiger partial charge in [-0.3, -0.25) is 4.79 Å². The minimum Gasteiger partial charge on any atom is -0.412 e. The standard InChI is InChI=1S/C30H44N6O2.3ClH.2H2O/c1-4-16-34(17-5-2)18-7-8-24-12-19-35(20-13-24)21-15-32-30(38)36-27-22-23(3)10-11-25(27)29(37)33-26-9-6-14-31-28(26)36;;;;;/h6,9-11,14,22,24H,4-5,7-8,12-13,15-21H2,1-3H3,(H,32,38)(H,33,37);3*1H;2*1H2. The molecule has 4 rings (SSSR count). The average Bonchev–Trinajstić information content (AvgIpc) is 3.03. The van der Waals surface area contributed by atoms with Crippen LogP contribution < -0.4 is 15.5 Å². The summed E-state index contributed by atoms with van der Waals surface area (Å²) in [6.45, 7) is 13.7. The molecule has 0 saturated carbocycles. The van der Waals surface area contributed by atoms with Crippen LogP contribution in [-0.2, 0) is 0 Å². The van der Waals surface area contributed by atoms with Crippen LogP contribution in [0.4, 0.5) is 22.0 Å². The van der Waals surface area contributed by atoms with E-state index in [1.54, 1.807) is 24.4 Å². The lowest BCUT2D eigenvalue weighted by atomic mass is 9.92. The summed E-state index contributed by atoms with van der Waals surface area (Å²) in [5.74, 6) is 1.01.